The Hall–Kier alpha value is -4.01. The number of benzene rings is 3. The molecule has 0 spiro atoms. The van der Waals surface area contributed by atoms with Gasteiger partial charge in [-0.05, 0) is 54.4 Å². The Morgan fingerprint density at radius 1 is 1.13 bits per heavy atom. The largest absolute Gasteiger partial charge is 0.389 e. The van der Waals surface area contributed by atoms with Gasteiger partial charge in [-0.3, -0.25) is 10.2 Å². The van der Waals surface area contributed by atoms with E-state index < -0.39 is 6.10 Å². The fourth-order valence-corrected chi connectivity index (χ4v) is 5.88. The summed E-state index contributed by atoms with van der Waals surface area (Å²) in [4.78, 5) is 17.1. The number of amides is 1. The molecule has 9 heteroatoms. The fourth-order valence-electron chi connectivity index (χ4n) is 5.71. The normalized spacial score (nSPS) is 17.8. The van der Waals surface area contributed by atoms with Gasteiger partial charge in [0.25, 0.3) is 0 Å². The molecule has 8 nitrogen and oxygen atoms in total. The van der Waals surface area contributed by atoms with Crippen molar-refractivity contribution in [1.82, 2.24) is 14.1 Å². The van der Waals surface area contributed by atoms with Gasteiger partial charge < -0.3 is 29.4 Å². The van der Waals surface area contributed by atoms with Crippen molar-refractivity contribution in [2.75, 3.05) is 23.3 Å². The van der Waals surface area contributed by atoms with Gasteiger partial charge in [-0.25, -0.2) is 0 Å². The van der Waals surface area contributed by atoms with Gasteiger partial charge in [0.15, 0.2) is 0 Å². The zero-order valence-electron chi connectivity index (χ0n) is 21.0. The van der Waals surface area contributed by atoms with Crippen LogP contribution in [0.25, 0.3) is 21.9 Å². The molecule has 1 saturated heterocycles. The number of imidazole rings is 1. The molecule has 2 atom stereocenters. The topological polar surface area (TPSA) is 102 Å². The zero-order chi connectivity index (χ0) is 26.4. The van der Waals surface area contributed by atoms with Crippen molar-refractivity contribution in [1.29, 1.82) is 5.41 Å². The van der Waals surface area contributed by atoms with Gasteiger partial charge in [0.05, 0.1) is 41.1 Å². The third-order valence-corrected chi connectivity index (χ3v) is 7.65. The first-order chi connectivity index (χ1) is 18.4. The molecule has 1 amide bonds. The standard InChI is InChI=1S/C29H29ClN6O2/c1-18(37)33-23-10-9-20(30)15-27(23)34-14-12-26(28(38)17-34)36-25-8-3-2-7-24(25)35(29(36)31)16-19-5-4-6-22-21(19)11-13-32-22/h2-11,13,15,26,28,31-32,38H,12,14,16-17H2,1H3,(H,33,37)/t26-,28-/m0/s1. The van der Waals surface area contributed by atoms with Crippen LogP contribution in [0.15, 0.2) is 72.9 Å². The van der Waals surface area contributed by atoms with E-state index in [9.17, 15) is 15.3 Å². The van der Waals surface area contributed by atoms with E-state index in [4.69, 9.17) is 11.6 Å². The minimum absolute atomic E-state index is 0.165. The summed E-state index contributed by atoms with van der Waals surface area (Å²) in [6.45, 7) is 3.02. The number of carbonyl (C=O) groups is 1. The molecular weight excluding hydrogens is 500 g/mol. The van der Waals surface area contributed by atoms with E-state index in [-0.39, 0.29) is 11.9 Å². The minimum Gasteiger partial charge on any atom is -0.389 e. The lowest BCUT2D eigenvalue weighted by molar-refractivity contribution is -0.114. The number of para-hydroxylation sites is 2. The summed E-state index contributed by atoms with van der Waals surface area (Å²) >= 11 is 6.28. The number of piperidine rings is 1. The molecule has 1 aliphatic rings. The van der Waals surface area contributed by atoms with Crippen LogP contribution in [0.4, 0.5) is 11.4 Å². The Balaban J connectivity index is 1.35. The van der Waals surface area contributed by atoms with Gasteiger partial charge in [-0.1, -0.05) is 35.9 Å². The second kappa shape index (κ2) is 9.70. The quantitative estimate of drug-likeness (QED) is 0.261. The maximum atomic E-state index is 11.7. The summed E-state index contributed by atoms with van der Waals surface area (Å²) in [5, 5.41) is 25.2. The second-order valence-corrected chi connectivity index (χ2v) is 10.3. The second-order valence-electron chi connectivity index (χ2n) is 9.84. The van der Waals surface area contributed by atoms with Crippen molar-refractivity contribution in [3.05, 3.63) is 89.1 Å². The molecule has 4 N–H and O–H groups in total. The van der Waals surface area contributed by atoms with Crippen LogP contribution in [-0.4, -0.2) is 44.3 Å². The lowest BCUT2D eigenvalue weighted by atomic mass is 10.00. The summed E-state index contributed by atoms with van der Waals surface area (Å²) < 4.78 is 3.99. The minimum atomic E-state index is -0.727. The lowest BCUT2D eigenvalue weighted by Crippen LogP contribution is -2.47. The highest BCUT2D eigenvalue weighted by molar-refractivity contribution is 6.31. The molecule has 0 aliphatic carbocycles. The molecule has 6 rings (SSSR count). The number of hydrogen-bond donors (Lipinski definition) is 4. The van der Waals surface area contributed by atoms with Crippen LogP contribution >= 0.6 is 11.6 Å². The Morgan fingerprint density at radius 2 is 1.95 bits per heavy atom. The highest BCUT2D eigenvalue weighted by Gasteiger charge is 2.32. The Kier molecular flexibility index (Phi) is 6.21. The number of nitrogens with zero attached hydrogens (tertiary/aromatic N) is 3. The van der Waals surface area contributed by atoms with Crippen molar-refractivity contribution in [3.8, 4) is 0 Å². The summed E-state index contributed by atoms with van der Waals surface area (Å²) in [5.41, 5.74) is 5.89. The Bertz CT molecular complexity index is 1720. The lowest BCUT2D eigenvalue weighted by Gasteiger charge is -2.38. The van der Waals surface area contributed by atoms with Crippen molar-refractivity contribution >= 4 is 50.8 Å². The first-order valence-electron chi connectivity index (χ1n) is 12.7. The van der Waals surface area contributed by atoms with Crippen molar-refractivity contribution in [3.63, 3.8) is 0 Å². The number of aromatic amines is 1. The van der Waals surface area contributed by atoms with E-state index in [0.29, 0.717) is 42.4 Å². The van der Waals surface area contributed by atoms with Crippen LogP contribution in [0, 0.1) is 5.41 Å². The van der Waals surface area contributed by atoms with Crippen LogP contribution in [0.1, 0.15) is 24.9 Å². The highest BCUT2D eigenvalue weighted by Crippen LogP contribution is 2.34. The molecule has 0 unspecified atom stereocenters. The smallest absolute Gasteiger partial charge is 0.221 e. The third kappa shape index (κ3) is 4.25. The number of aromatic nitrogens is 3. The predicted octanol–water partition coefficient (Wildman–Crippen LogP) is 4.88. The third-order valence-electron chi connectivity index (χ3n) is 7.42. The highest BCUT2D eigenvalue weighted by atomic mass is 35.5. The molecule has 194 valence electrons. The van der Waals surface area contributed by atoms with Crippen LogP contribution in [0.3, 0.4) is 0 Å². The van der Waals surface area contributed by atoms with E-state index in [0.717, 1.165) is 33.2 Å². The first-order valence-corrected chi connectivity index (χ1v) is 13.1. The summed E-state index contributed by atoms with van der Waals surface area (Å²) in [7, 11) is 0. The molecule has 38 heavy (non-hydrogen) atoms. The van der Waals surface area contributed by atoms with Crippen LogP contribution < -0.4 is 15.8 Å². The Labute approximate surface area is 224 Å². The summed E-state index contributed by atoms with van der Waals surface area (Å²) in [6, 6.07) is 21.3. The molecule has 0 saturated carbocycles. The van der Waals surface area contributed by atoms with Gasteiger partial charge in [0.2, 0.25) is 11.5 Å². The van der Waals surface area contributed by atoms with Crippen LogP contribution in [-0.2, 0) is 11.3 Å². The van der Waals surface area contributed by atoms with Crippen molar-refractivity contribution in [2.45, 2.75) is 32.0 Å². The summed E-state index contributed by atoms with van der Waals surface area (Å²) in [6.07, 6.45) is 1.84. The monoisotopic (exact) mass is 528 g/mol. The van der Waals surface area contributed by atoms with Gasteiger partial charge in [0.1, 0.15) is 0 Å². The molecule has 0 radical (unpaired) electrons. The number of nitrogens with one attached hydrogen (secondary N) is 3. The number of carbonyl (C=O) groups excluding carboxylic acids is 1. The maximum Gasteiger partial charge on any atom is 0.221 e. The number of aliphatic hydroxyl groups is 1. The molecule has 0 bridgehead atoms. The van der Waals surface area contributed by atoms with Crippen molar-refractivity contribution < 1.29 is 9.90 Å². The predicted molar refractivity (Wildman–Crippen MR) is 151 cm³/mol. The number of β-amino-alcohol motifs (C(OH)–C–C–N with tert-alkyl or cyclic N) is 1. The fraction of sp³-hybridized carbons (Fsp3) is 0.241. The molecule has 5 aromatic rings. The van der Waals surface area contributed by atoms with E-state index >= 15 is 0 Å². The molecule has 3 aromatic carbocycles. The number of aliphatic hydroxyl groups excluding tert-OH is 1. The molecule has 1 aliphatic heterocycles. The van der Waals surface area contributed by atoms with E-state index in [1.807, 2.05) is 56.6 Å². The van der Waals surface area contributed by atoms with E-state index in [1.54, 1.807) is 12.1 Å². The average Bonchev–Trinajstić information content (AvgIpc) is 3.49. The zero-order valence-corrected chi connectivity index (χ0v) is 21.7. The van der Waals surface area contributed by atoms with Gasteiger partial charge >= 0.3 is 0 Å². The molecule has 3 heterocycles. The Morgan fingerprint density at radius 3 is 2.74 bits per heavy atom. The number of rotatable bonds is 5. The maximum absolute atomic E-state index is 11.7. The van der Waals surface area contributed by atoms with Gasteiger partial charge in [-0.15, -0.1) is 0 Å². The molecule has 1 fully saturated rings. The van der Waals surface area contributed by atoms with E-state index in [2.05, 4.69) is 28.5 Å². The molecular formula is C29H29ClN6O2. The van der Waals surface area contributed by atoms with Crippen LogP contribution in [0.2, 0.25) is 5.02 Å². The number of fused-ring (bicyclic) bond motifs is 2. The number of anilines is 2. The summed E-state index contributed by atoms with van der Waals surface area (Å²) in [5.74, 6) is -0.165. The number of H-pyrrole nitrogens is 1. The van der Waals surface area contributed by atoms with Crippen molar-refractivity contribution in [2.24, 2.45) is 0 Å². The van der Waals surface area contributed by atoms with Gasteiger partial charge in [-0.2, -0.15) is 0 Å². The van der Waals surface area contributed by atoms with Gasteiger partial charge in [0, 0.05) is 42.1 Å². The average molecular weight is 529 g/mol. The number of halogens is 1. The van der Waals surface area contributed by atoms with Crippen LogP contribution in [0.5, 0.6) is 0 Å². The first kappa shape index (κ1) is 24.3. The SMILES string of the molecule is CC(=O)Nc1ccc(Cl)cc1N1CC[C@H](n2c(=N)n(Cc3cccc4[nH]ccc34)c3ccccc32)[C@@H](O)C1. The van der Waals surface area contributed by atoms with E-state index in [1.165, 1.54) is 6.92 Å². The number of hydrogen-bond acceptors (Lipinski definition) is 4. The molecule has 2 aromatic heterocycles.